The molecule has 7 rings (SSSR count). The second-order valence-electron chi connectivity index (χ2n) is 13.4. The van der Waals surface area contributed by atoms with Gasteiger partial charge in [0.1, 0.15) is 12.1 Å². The van der Waals surface area contributed by atoms with Crippen molar-refractivity contribution in [1.29, 1.82) is 0 Å². The molecule has 5 heterocycles. The van der Waals surface area contributed by atoms with Crippen LogP contribution < -0.4 is 10.5 Å². The highest BCUT2D eigenvalue weighted by molar-refractivity contribution is 6.39. The van der Waals surface area contributed by atoms with E-state index >= 15 is 9.18 Å². The molecular formula is C36H37ClFN7O2. The van der Waals surface area contributed by atoms with Gasteiger partial charge in [0.15, 0.2) is 0 Å². The molecule has 47 heavy (non-hydrogen) atoms. The molecule has 2 aromatic carbocycles. The van der Waals surface area contributed by atoms with Crippen LogP contribution in [0.2, 0.25) is 5.02 Å². The Balaban J connectivity index is 1.63. The standard InChI is InChI=1S/C36H37ClFN7O2/c1-8-27(46)43-15-21-11-23-33(44(21)14-20(43)7)22-12-25(38)29(28-19(6)9-10-26-24(28)13-41-42-26)30(37)34(22)45(36(23)47)35-31(17(2)3)39-16-40-32(35)18(4)5/h8-10,12-13,16-18,20-21H,1,11,14-15H2,2-7H3,(H,41,42). The number of carbonyl (C=O) groups excluding carboxylic acids is 1. The number of aromatic amines is 1. The van der Waals surface area contributed by atoms with Crippen molar-refractivity contribution < 1.29 is 9.18 Å². The molecule has 11 heteroatoms. The van der Waals surface area contributed by atoms with Crippen molar-refractivity contribution >= 4 is 45.0 Å². The molecule has 9 nitrogen and oxygen atoms in total. The third-order valence-corrected chi connectivity index (χ3v) is 10.1. The monoisotopic (exact) mass is 653 g/mol. The van der Waals surface area contributed by atoms with Crippen LogP contribution in [0.4, 0.5) is 10.1 Å². The molecule has 2 unspecified atom stereocenters. The molecule has 3 aromatic heterocycles. The van der Waals surface area contributed by atoms with Crippen molar-refractivity contribution in [3.8, 4) is 16.8 Å². The number of hydrogen-bond donors (Lipinski definition) is 1. The predicted octanol–water partition coefficient (Wildman–Crippen LogP) is 6.82. The lowest BCUT2D eigenvalue weighted by Crippen LogP contribution is -2.57. The number of rotatable bonds is 5. The van der Waals surface area contributed by atoms with E-state index in [1.807, 2.05) is 53.7 Å². The summed E-state index contributed by atoms with van der Waals surface area (Å²) >= 11 is 7.45. The number of nitrogens with one attached hydrogen (secondary N) is 1. The minimum atomic E-state index is -0.499. The number of hydrogen-bond acceptors (Lipinski definition) is 6. The molecule has 1 N–H and O–H groups in total. The first-order chi connectivity index (χ1) is 22.4. The maximum Gasteiger partial charge on any atom is 0.261 e. The maximum atomic E-state index is 16.8. The zero-order chi connectivity index (χ0) is 33.5. The van der Waals surface area contributed by atoms with Crippen molar-refractivity contribution in [1.82, 2.24) is 29.6 Å². The van der Waals surface area contributed by atoms with E-state index in [-0.39, 0.29) is 46.0 Å². The number of amides is 1. The number of carbonyl (C=O) groups is 1. The number of aryl methyl sites for hydroxylation is 1. The Morgan fingerprint density at radius 1 is 1.09 bits per heavy atom. The summed E-state index contributed by atoms with van der Waals surface area (Å²) in [5, 5.41) is 8.58. The van der Waals surface area contributed by atoms with Crippen molar-refractivity contribution in [3.05, 3.63) is 87.1 Å². The van der Waals surface area contributed by atoms with Crippen LogP contribution in [0, 0.1) is 12.7 Å². The first-order valence-corrected chi connectivity index (χ1v) is 16.4. The number of pyridine rings is 1. The van der Waals surface area contributed by atoms with E-state index in [2.05, 4.69) is 31.6 Å². The average molecular weight is 654 g/mol. The molecule has 5 aromatic rings. The van der Waals surface area contributed by atoms with Crippen LogP contribution in [0.25, 0.3) is 38.6 Å². The molecule has 0 spiro atoms. The van der Waals surface area contributed by atoms with Crippen LogP contribution in [-0.4, -0.2) is 60.7 Å². The molecule has 1 amide bonds. The number of H-pyrrole nitrogens is 1. The molecule has 0 bridgehead atoms. The van der Waals surface area contributed by atoms with Crippen molar-refractivity contribution in [3.63, 3.8) is 0 Å². The zero-order valence-electron chi connectivity index (χ0n) is 27.4. The van der Waals surface area contributed by atoms with Gasteiger partial charge in [0.25, 0.3) is 5.56 Å². The van der Waals surface area contributed by atoms with Crippen LogP contribution in [0.15, 0.2) is 48.2 Å². The summed E-state index contributed by atoms with van der Waals surface area (Å²) in [4.78, 5) is 41.1. The van der Waals surface area contributed by atoms with Gasteiger partial charge in [-0.05, 0) is 49.5 Å². The summed E-state index contributed by atoms with van der Waals surface area (Å²) in [6.45, 7) is 16.6. The fourth-order valence-electron chi connectivity index (χ4n) is 7.55. The lowest BCUT2D eigenvalue weighted by molar-refractivity contribution is -0.128. The largest absolute Gasteiger partial charge is 0.363 e. The van der Waals surface area contributed by atoms with E-state index < -0.39 is 5.82 Å². The second kappa shape index (κ2) is 11.3. The predicted molar refractivity (Wildman–Crippen MR) is 184 cm³/mol. The first-order valence-electron chi connectivity index (χ1n) is 16.0. The Morgan fingerprint density at radius 2 is 1.79 bits per heavy atom. The number of fused-ring (bicyclic) bond motifs is 6. The number of anilines is 1. The summed E-state index contributed by atoms with van der Waals surface area (Å²) < 4.78 is 18.4. The van der Waals surface area contributed by atoms with Crippen LogP contribution >= 0.6 is 11.6 Å². The van der Waals surface area contributed by atoms with Gasteiger partial charge >= 0.3 is 0 Å². The molecule has 1 fully saturated rings. The van der Waals surface area contributed by atoms with Crippen molar-refractivity contribution in [2.24, 2.45) is 0 Å². The number of piperazine rings is 1. The molecule has 0 aliphatic carbocycles. The molecule has 0 saturated carbocycles. The Kier molecular flexibility index (Phi) is 7.46. The van der Waals surface area contributed by atoms with Gasteiger partial charge in [-0.3, -0.25) is 19.3 Å². The lowest BCUT2D eigenvalue weighted by atomic mass is 9.94. The van der Waals surface area contributed by atoms with Crippen molar-refractivity contribution in [2.75, 3.05) is 18.0 Å². The number of aromatic nitrogens is 5. The summed E-state index contributed by atoms with van der Waals surface area (Å²) in [6.07, 6.45) is 4.93. The van der Waals surface area contributed by atoms with Gasteiger partial charge in [0, 0.05) is 53.0 Å². The van der Waals surface area contributed by atoms with E-state index in [0.29, 0.717) is 64.3 Å². The van der Waals surface area contributed by atoms with Crippen molar-refractivity contribution in [2.45, 2.75) is 71.9 Å². The van der Waals surface area contributed by atoms with E-state index in [9.17, 15) is 4.79 Å². The Morgan fingerprint density at radius 3 is 2.45 bits per heavy atom. The highest BCUT2D eigenvalue weighted by Crippen LogP contribution is 2.47. The topological polar surface area (TPSA) is 100 Å². The fourth-order valence-corrected chi connectivity index (χ4v) is 7.92. The molecule has 2 atom stereocenters. The minimum Gasteiger partial charge on any atom is -0.363 e. The first kappa shape index (κ1) is 31.1. The summed E-state index contributed by atoms with van der Waals surface area (Å²) in [7, 11) is 0. The number of halogens is 2. The van der Waals surface area contributed by atoms with E-state index in [0.717, 1.165) is 16.5 Å². The zero-order valence-corrected chi connectivity index (χ0v) is 28.1. The average Bonchev–Trinajstić information content (AvgIpc) is 3.66. The van der Waals surface area contributed by atoms with Crippen LogP contribution in [0.5, 0.6) is 0 Å². The number of benzene rings is 2. The smallest absolute Gasteiger partial charge is 0.261 e. The lowest BCUT2D eigenvalue weighted by Gasteiger charge is -2.43. The van der Waals surface area contributed by atoms with Crippen LogP contribution in [0.3, 0.4) is 0 Å². The second-order valence-corrected chi connectivity index (χ2v) is 13.7. The molecule has 2 aliphatic heterocycles. The number of nitrogens with zero attached hydrogens (tertiary/aromatic N) is 6. The van der Waals surface area contributed by atoms with E-state index in [4.69, 9.17) is 11.6 Å². The minimum absolute atomic E-state index is 0.0491. The van der Waals surface area contributed by atoms with Gasteiger partial charge in [0.05, 0.1) is 51.1 Å². The van der Waals surface area contributed by atoms with Gasteiger partial charge in [-0.25, -0.2) is 14.4 Å². The van der Waals surface area contributed by atoms with Gasteiger partial charge < -0.3 is 9.80 Å². The fraction of sp³-hybridized carbons (Fsp3) is 0.361. The molecule has 2 aliphatic rings. The van der Waals surface area contributed by atoms with Crippen LogP contribution in [0.1, 0.15) is 69.0 Å². The van der Waals surface area contributed by atoms with Crippen LogP contribution in [-0.2, 0) is 11.2 Å². The Labute approximate surface area is 277 Å². The van der Waals surface area contributed by atoms with E-state index in [1.165, 1.54) is 18.5 Å². The molecule has 1 saturated heterocycles. The highest BCUT2D eigenvalue weighted by Gasteiger charge is 2.42. The van der Waals surface area contributed by atoms with Gasteiger partial charge in [-0.2, -0.15) is 5.10 Å². The quantitative estimate of drug-likeness (QED) is 0.209. The third-order valence-electron chi connectivity index (χ3n) is 9.72. The van der Waals surface area contributed by atoms with Gasteiger partial charge in [0.2, 0.25) is 5.91 Å². The SMILES string of the molecule is C=CC(=O)N1CC2Cc3c(c4cc(F)c(-c5c(C)ccc6[nH]ncc56)c(Cl)c4n(-c4c(C(C)C)ncnc4C(C)C)c3=O)N2CC1C. The third kappa shape index (κ3) is 4.59. The molecule has 242 valence electrons. The summed E-state index contributed by atoms with van der Waals surface area (Å²) in [5.41, 5.74) is 5.76. The van der Waals surface area contributed by atoms with Gasteiger partial charge in [-0.15, -0.1) is 0 Å². The molecular weight excluding hydrogens is 617 g/mol. The highest BCUT2D eigenvalue weighted by atomic mass is 35.5. The normalized spacial score (nSPS) is 17.7. The van der Waals surface area contributed by atoms with Gasteiger partial charge in [-0.1, -0.05) is 51.9 Å². The summed E-state index contributed by atoms with van der Waals surface area (Å²) in [5.74, 6) is -0.748. The molecule has 0 radical (unpaired) electrons. The Hall–Kier alpha value is -4.57. The summed E-state index contributed by atoms with van der Waals surface area (Å²) in [6, 6.07) is 5.01. The van der Waals surface area contributed by atoms with E-state index in [1.54, 1.807) is 15.7 Å². The maximum absolute atomic E-state index is 16.8. The Bertz CT molecular complexity index is 2160.